The zero-order chi connectivity index (χ0) is 15.1. The van der Waals surface area contributed by atoms with E-state index in [-0.39, 0.29) is 5.91 Å². The third-order valence-electron chi connectivity index (χ3n) is 4.12. The number of amides is 1. The van der Waals surface area contributed by atoms with Gasteiger partial charge in [-0.25, -0.2) is 0 Å². The van der Waals surface area contributed by atoms with Crippen molar-refractivity contribution in [1.29, 1.82) is 0 Å². The molecule has 2 rings (SSSR count). The molecule has 4 nitrogen and oxygen atoms in total. The maximum absolute atomic E-state index is 12.3. The number of hydrogen-bond acceptors (Lipinski definition) is 3. The zero-order valence-corrected chi connectivity index (χ0v) is 13.2. The number of piperidine rings is 1. The molecule has 4 heteroatoms. The van der Waals surface area contributed by atoms with Gasteiger partial charge in [-0.1, -0.05) is 30.3 Å². The van der Waals surface area contributed by atoms with Gasteiger partial charge < -0.3 is 10.2 Å². The Hall–Kier alpha value is -1.39. The number of benzene rings is 1. The number of carbonyl (C=O) groups excluding carboxylic acids is 1. The van der Waals surface area contributed by atoms with Crippen LogP contribution in [0.15, 0.2) is 30.3 Å². The summed E-state index contributed by atoms with van der Waals surface area (Å²) in [6, 6.07) is 10.1. The van der Waals surface area contributed by atoms with E-state index in [0.29, 0.717) is 13.1 Å². The first-order valence-corrected chi connectivity index (χ1v) is 7.82. The molecule has 1 aromatic carbocycles. The van der Waals surface area contributed by atoms with Crippen molar-refractivity contribution < 1.29 is 4.79 Å². The number of rotatable bonds is 6. The molecule has 0 spiro atoms. The van der Waals surface area contributed by atoms with Crippen molar-refractivity contribution in [2.45, 2.75) is 19.4 Å². The second-order valence-electron chi connectivity index (χ2n) is 6.13. The summed E-state index contributed by atoms with van der Waals surface area (Å²) in [5, 5.41) is 3.38. The molecule has 1 fully saturated rings. The van der Waals surface area contributed by atoms with Crippen molar-refractivity contribution in [2.24, 2.45) is 5.92 Å². The highest BCUT2D eigenvalue weighted by molar-refractivity contribution is 5.77. The number of carbonyl (C=O) groups is 1. The molecule has 0 radical (unpaired) electrons. The molecule has 0 aliphatic carbocycles. The Morgan fingerprint density at radius 3 is 2.52 bits per heavy atom. The maximum atomic E-state index is 12.3. The lowest BCUT2D eigenvalue weighted by atomic mass is 9.98. The molecule has 1 aliphatic rings. The SMILES string of the molecule is CN(CC(=O)N(C)Cc1ccccc1)CC1CCNCC1. The van der Waals surface area contributed by atoms with Crippen LogP contribution in [0.2, 0.25) is 0 Å². The second-order valence-corrected chi connectivity index (χ2v) is 6.13. The van der Waals surface area contributed by atoms with Gasteiger partial charge in [0.25, 0.3) is 0 Å². The molecule has 0 aromatic heterocycles. The van der Waals surface area contributed by atoms with Gasteiger partial charge in [0, 0.05) is 20.1 Å². The van der Waals surface area contributed by atoms with Crippen molar-refractivity contribution >= 4 is 5.91 Å². The van der Waals surface area contributed by atoms with Crippen LogP contribution in [-0.4, -0.2) is 56.0 Å². The molecule has 1 saturated heterocycles. The molecule has 1 heterocycles. The minimum absolute atomic E-state index is 0.190. The summed E-state index contributed by atoms with van der Waals surface area (Å²) in [7, 11) is 3.93. The van der Waals surface area contributed by atoms with E-state index in [9.17, 15) is 4.79 Å². The van der Waals surface area contributed by atoms with Gasteiger partial charge in [-0.2, -0.15) is 0 Å². The molecular formula is C17H27N3O. The number of hydrogen-bond donors (Lipinski definition) is 1. The molecule has 1 aliphatic heterocycles. The third-order valence-corrected chi connectivity index (χ3v) is 4.12. The Bertz CT molecular complexity index is 429. The Morgan fingerprint density at radius 1 is 1.19 bits per heavy atom. The van der Waals surface area contributed by atoms with E-state index in [0.717, 1.165) is 25.6 Å². The van der Waals surface area contributed by atoms with Crippen molar-refractivity contribution in [3.05, 3.63) is 35.9 Å². The number of nitrogens with zero attached hydrogens (tertiary/aromatic N) is 2. The van der Waals surface area contributed by atoms with Gasteiger partial charge in [-0.15, -0.1) is 0 Å². The Labute approximate surface area is 128 Å². The first kappa shape index (κ1) is 16.0. The molecule has 1 amide bonds. The highest BCUT2D eigenvalue weighted by atomic mass is 16.2. The van der Waals surface area contributed by atoms with Crippen LogP contribution in [0.4, 0.5) is 0 Å². The lowest BCUT2D eigenvalue weighted by Gasteiger charge is -2.28. The molecule has 0 unspecified atom stereocenters. The fourth-order valence-electron chi connectivity index (χ4n) is 2.87. The Kier molecular flexibility index (Phi) is 6.21. The van der Waals surface area contributed by atoms with Gasteiger partial charge in [0.1, 0.15) is 0 Å². The number of nitrogens with one attached hydrogen (secondary N) is 1. The van der Waals surface area contributed by atoms with Gasteiger partial charge >= 0.3 is 0 Å². The predicted molar refractivity (Wildman–Crippen MR) is 86.0 cm³/mol. The van der Waals surface area contributed by atoms with E-state index in [1.54, 1.807) is 0 Å². The minimum atomic E-state index is 0.190. The molecular weight excluding hydrogens is 262 g/mol. The summed E-state index contributed by atoms with van der Waals surface area (Å²) >= 11 is 0. The zero-order valence-electron chi connectivity index (χ0n) is 13.2. The van der Waals surface area contributed by atoms with Gasteiger partial charge in [0.2, 0.25) is 5.91 Å². The van der Waals surface area contributed by atoms with E-state index in [4.69, 9.17) is 0 Å². The molecule has 116 valence electrons. The lowest BCUT2D eigenvalue weighted by molar-refractivity contribution is -0.131. The van der Waals surface area contributed by atoms with E-state index >= 15 is 0 Å². The summed E-state index contributed by atoms with van der Waals surface area (Å²) in [5.41, 5.74) is 1.18. The van der Waals surface area contributed by atoms with Gasteiger partial charge in [-0.3, -0.25) is 9.69 Å². The first-order valence-electron chi connectivity index (χ1n) is 7.82. The largest absolute Gasteiger partial charge is 0.340 e. The Morgan fingerprint density at radius 2 is 1.86 bits per heavy atom. The van der Waals surface area contributed by atoms with Crippen molar-refractivity contribution in [1.82, 2.24) is 15.1 Å². The predicted octanol–water partition coefficient (Wildman–Crippen LogP) is 1.58. The molecule has 0 bridgehead atoms. The first-order chi connectivity index (χ1) is 10.1. The van der Waals surface area contributed by atoms with Crippen LogP contribution in [-0.2, 0) is 11.3 Å². The highest BCUT2D eigenvalue weighted by Crippen LogP contribution is 2.12. The quantitative estimate of drug-likeness (QED) is 0.863. The fourth-order valence-corrected chi connectivity index (χ4v) is 2.87. The summed E-state index contributed by atoms with van der Waals surface area (Å²) in [6.07, 6.45) is 2.44. The van der Waals surface area contributed by atoms with E-state index in [1.807, 2.05) is 30.1 Å². The molecule has 21 heavy (non-hydrogen) atoms. The van der Waals surface area contributed by atoms with Crippen LogP contribution in [0.5, 0.6) is 0 Å². The summed E-state index contributed by atoms with van der Waals surface area (Å²) < 4.78 is 0. The normalized spacial score (nSPS) is 16.1. The average molecular weight is 289 g/mol. The summed E-state index contributed by atoms with van der Waals surface area (Å²) in [6.45, 7) is 4.43. The highest BCUT2D eigenvalue weighted by Gasteiger charge is 2.17. The molecule has 0 saturated carbocycles. The van der Waals surface area contributed by atoms with Crippen LogP contribution < -0.4 is 5.32 Å². The van der Waals surface area contributed by atoms with Crippen LogP contribution in [0.25, 0.3) is 0 Å². The fraction of sp³-hybridized carbons (Fsp3) is 0.588. The Balaban J connectivity index is 1.74. The monoisotopic (exact) mass is 289 g/mol. The minimum Gasteiger partial charge on any atom is -0.340 e. The topological polar surface area (TPSA) is 35.6 Å². The molecule has 1 N–H and O–H groups in total. The molecule has 0 atom stereocenters. The maximum Gasteiger partial charge on any atom is 0.236 e. The van der Waals surface area contributed by atoms with Crippen LogP contribution >= 0.6 is 0 Å². The third kappa shape index (κ3) is 5.48. The lowest BCUT2D eigenvalue weighted by Crippen LogP contribution is -2.40. The van der Waals surface area contributed by atoms with Crippen molar-refractivity contribution in [2.75, 3.05) is 40.3 Å². The van der Waals surface area contributed by atoms with Gasteiger partial charge in [0.15, 0.2) is 0 Å². The van der Waals surface area contributed by atoms with Gasteiger partial charge in [0.05, 0.1) is 6.54 Å². The van der Waals surface area contributed by atoms with Crippen LogP contribution in [0.1, 0.15) is 18.4 Å². The summed E-state index contributed by atoms with van der Waals surface area (Å²) in [4.78, 5) is 16.3. The second kappa shape index (κ2) is 8.15. The van der Waals surface area contributed by atoms with Crippen LogP contribution in [0.3, 0.4) is 0 Å². The smallest absolute Gasteiger partial charge is 0.236 e. The standard InChI is InChI=1S/C17H27N3O/c1-19(12-16-8-10-18-11-9-16)14-17(21)20(2)13-15-6-4-3-5-7-15/h3-7,16,18H,8-14H2,1-2H3. The van der Waals surface area contributed by atoms with E-state index in [2.05, 4.69) is 29.4 Å². The molecule has 1 aromatic rings. The van der Waals surface area contributed by atoms with Crippen molar-refractivity contribution in [3.63, 3.8) is 0 Å². The van der Waals surface area contributed by atoms with Crippen LogP contribution in [0, 0.1) is 5.92 Å². The van der Waals surface area contributed by atoms with E-state index < -0.39 is 0 Å². The summed E-state index contributed by atoms with van der Waals surface area (Å²) in [5.74, 6) is 0.916. The van der Waals surface area contributed by atoms with Gasteiger partial charge in [-0.05, 0) is 44.5 Å². The van der Waals surface area contributed by atoms with Crippen molar-refractivity contribution in [3.8, 4) is 0 Å². The van der Waals surface area contributed by atoms with E-state index in [1.165, 1.54) is 18.4 Å². The average Bonchev–Trinajstić information content (AvgIpc) is 2.49. The number of likely N-dealkylation sites (N-methyl/N-ethyl adjacent to an activating group) is 2.